The van der Waals surface area contributed by atoms with Gasteiger partial charge in [-0.3, -0.25) is 0 Å². The van der Waals surface area contributed by atoms with Gasteiger partial charge in [-0.2, -0.15) is 0 Å². The van der Waals surface area contributed by atoms with Crippen molar-refractivity contribution in [3.05, 3.63) is 16.1 Å². The summed E-state index contributed by atoms with van der Waals surface area (Å²) in [6, 6.07) is 0. The van der Waals surface area contributed by atoms with Crippen LogP contribution in [0.1, 0.15) is 26.0 Å². The average molecular weight is 329 g/mol. The lowest BCUT2D eigenvalue weighted by Crippen LogP contribution is -2.05. The van der Waals surface area contributed by atoms with Crippen molar-refractivity contribution in [2.75, 3.05) is 6.61 Å². The number of thiazole rings is 1. The van der Waals surface area contributed by atoms with Crippen LogP contribution in [0.4, 0.5) is 0 Å². The van der Waals surface area contributed by atoms with Crippen LogP contribution in [0.25, 0.3) is 0 Å². The molecule has 0 atom stereocenters. The van der Waals surface area contributed by atoms with Gasteiger partial charge in [-0.25, -0.2) is 9.78 Å². The van der Waals surface area contributed by atoms with Crippen molar-refractivity contribution in [2.24, 2.45) is 0 Å². The monoisotopic (exact) mass is 327 g/mol. The van der Waals surface area contributed by atoms with Crippen molar-refractivity contribution in [1.82, 2.24) is 4.98 Å². The number of alkyl halides is 2. The number of carbonyl (C=O) groups is 1. The highest BCUT2D eigenvalue weighted by Gasteiger charge is 2.19. The van der Waals surface area contributed by atoms with Gasteiger partial charge in [0.2, 0.25) is 0 Å². The number of hydrogen-bond donors (Lipinski definition) is 0. The quantitative estimate of drug-likeness (QED) is 0.632. The molecule has 13 heavy (non-hydrogen) atoms. The predicted molar refractivity (Wildman–Crippen MR) is 58.7 cm³/mol. The first kappa shape index (κ1) is 11.1. The molecule has 0 saturated carbocycles. The van der Waals surface area contributed by atoms with Gasteiger partial charge in [0.1, 0.15) is 8.61 Å². The van der Waals surface area contributed by atoms with E-state index >= 15 is 0 Å². The van der Waals surface area contributed by atoms with E-state index in [0.29, 0.717) is 17.2 Å². The summed E-state index contributed by atoms with van der Waals surface area (Å²) < 4.78 is 4.76. The number of halogens is 2. The van der Waals surface area contributed by atoms with Gasteiger partial charge in [0.25, 0.3) is 0 Å². The Morgan fingerprint density at radius 2 is 2.46 bits per heavy atom. The fourth-order valence-corrected chi connectivity index (χ4v) is 2.48. The Hall–Kier alpha value is 0.0600. The second kappa shape index (κ2) is 5.07. The summed E-state index contributed by atoms with van der Waals surface area (Å²) in [5.74, 6) is -0.316. The number of nitrogens with zero attached hydrogens (tertiary/aromatic N) is 1. The van der Waals surface area contributed by atoms with E-state index in [-0.39, 0.29) is 9.71 Å². The first-order chi connectivity index (χ1) is 6.16. The van der Waals surface area contributed by atoms with Crippen molar-refractivity contribution in [1.29, 1.82) is 0 Å². The van der Waals surface area contributed by atoms with Crippen LogP contribution < -0.4 is 0 Å². The first-order valence-electron chi connectivity index (χ1n) is 3.55. The number of ether oxygens (including phenoxy) is 1. The maximum atomic E-state index is 11.3. The molecule has 0 aliphatic heterocycles. The summed E-state index contributed by atoms with van der Waals surface area (Å²) in [5.41, 5.74) is 2.29. The molecule has 0 aliphatic carbocycles. The second-order valence-corrected chi connectivity index (χ2v) is 6.00. The molecule has 0 amide bonds. The largest absolute Gasteiger partial charge is 0.462 e. The summed E-state index contributed by atoms with van der Waals surface area (Å²) in [6.07, 6.45) is 0. The lowest BCUT2D eigenvalue weighted by atomic mass is 10.4. The molecule has 0 unspecified atom stereocenters. The van der Waals surface area contributed by atoms with Gasteiger partial charge in [0.05, 0.1) is 17.8 Å². The van der Waals surface area contributed by atoms with E-state index in [2.05, 4.69) is 36.8 Å². The zero-order valence-electron chi connectivity index (χ0n) is 6.79. The minimum absolute atomic E-state index is 0.106. The molecule has 0 aliphatic rings. The summed E-state index contributed by atoms with van der Waals surface area (Å²) in [5, 5.41) is 0. The van der Waals surface area contributed by atoms with Crippen LogP contribution in [0.2, 0.25) is 0 Å². The van der Waals surface area contributed by atoms with Crippen LogP contribution in [0.3, 0.4) is 0 Å². The molecule has 1 heterocycles. The van der Waals surface area contributed by atoms with Crippen molar-refractivity contribution in [2.45, 2.75) is 10.7 Å². The molecule has 0 aromatic carbocycles. The molecular weight excluding hydrogens is 322 g/mol. The summed E-state index contributed by atoms with van der Waals surface area (Å²) >= 11 is 7.85. The van der Waals surface area contributed by atoms with Gasteiger partial charge in [0.15, 0.2) is 0 Å². The number of rotatable bonds is 3. The van der Waals surface area contributed by atoms with E-state index in [9.17, 15) is 4.79 Å². The van der Waals surface area contributed by atoms with Crippen molar-refractivity contribution in [3.63, 3.8) is 0 Å². The molecule has 6 heteroatoms. The zero-order chi connectivity index (χ0) is 9.84. The van der Waals surface area contributed by atoms with Crippen LogP contribution in [-0.2, 0) is 4.74 Å². The maximum absolute atomic E-state index is 11.3. The number of hydrogen-bond acceptors (Lipinski definition) is 4. The molecular formula is C7H7Br2NO2S. The first-order valence-corrected chi connectivity index (χ1v) is 6.26. The molecule has 0 bridgehead atoms. The molecule has 0 radical (unpaired) electrons. The Labute approximate surface area is 96.8 Å². The van der Waals surface area contributed by atoms with Gasteiger partial charge in [0, 0.05) is 0 Å². The topological polar surface area (TPSA) is 39.2 Å². The van der Waals surface area contributed by atoms with E-state index in [1.807, 2.05) is 0 Å². The summed E-state index contributed by atoms with van der Waals surface area (Å²) in [7, 11) is 0. The highest BCUT2D eigenvalue weighted by Crippen LogP contribution is 2.32. The third kappa shape index (κ3) is 2.75. The van der Waals surface area contributed by atoms with Crippen molar-refractivity contribution >= 4 is 49.2 Å². The molecule has 3 nitrogen and oxygen atoms in total. The Morgan fingerprint density at radius 1 is 1.77 bits per heavy atom. The molecule has 72 valence electrons. The SMILES string of the molecule is CCOC(=O)c1scnc1C(Br)Br. The summed E-state index contributed by atoms with van der Waals surface area (Å²) in [6.45, 7) is 2.16. The normalized spacial score (nSPS) is 10.5. The van der Waals surface area contributed by atoms with Gasteiger partial charge in [-0.1, -0.05) is 31.9 Å². The molecule has 0 spiro atoms. The Balaban J connectivity index is 2.87. The highest BCUT2D eigenvalue weighted by molar-refractivity contribution is 9.24. The van der Waals surface area contributed by atoms with Gasteiger partial charge in [-0.15, -0.1) is 11.3 Å². The van der Waals surface area contributed by atoms with Gasteiger partial charge >= 0.3 is 5.97 Å². The van der Waals surface area contributed by atoms with Crippen LogP contribution in [-0.4, -0.2) is 17.6 Å². The lowest BCUT2D eigenvalue weighted by molar-refractivity contribution is 0.0531. The van der Waals surface area contributed by atoms with E-state index in [1.165, 1.54) is 11.3 Å². The number of esters is 1. The third-order valence-corrected chi connectivity index (χ3v) is 2.95. The predicted octanol–water partition coefficient (Wildman–Crippen LogP) is 3.11. The van der Waals surface area contributed by atoms with Crippen LogP contribution in [0.15, 0.2) is 5.51 Å². The fraction of sp³-hybridized carbons (Fsp3) is 0.429. The molecule has 1 aromatic heterocycles. The van der Waals surface area contributed by atoms with Crippen LogP contribution >= 0.6 is 43.2 Å². The van der Waals surface area contributed by atoms with E-state index in [0.717, 1.165) is 0 Å². The second-order valence-electron chi connectivity index (χ2n) is 2.09. The Morgan fingerprint density at radius 3 is 3.00 bits per heavy atom. The molecule has 0 N–H and O–H groups in total. The van der Waals surface area contributed by atoms with Crippen LogP contribution in [0, 0.1) is 0 Å². The highest BCUT2D eigenvalue weighted by atomic mass is 79.9. The standard InChI is InChI=1S/C7H7Br2NO2S/c1-2-12-7(11)5-4(6(8)9)10-3-13-5/h3,6H,2H2,1H3. The summed E-state index contributed by atoms with van der Waals surface area (Å²) in [4.78, 5) is 15.9. The Kier molecular flexibility index (Phi) is 4.34. The average Bonchev–Trinajstić information content (AvgIpc) is 2.52. The molecule has 1 aromatic rings. The van der Waals surface area contributed by atoms with Gasteiger partial charge in [-0.05, 0) is 6.92 Å². The van der Waals surface area contributed by atoms with E-state index < -0.39 is 0 Å². The molecule has 0 saturated heterocycles. The zero-order valence-corrected chi connectivity index (χ0v) is 10.8. The van der Waals surface area contributed by atoms with Crippen molar-refractivity contribution in [3.8, 4) is 0 Å². The minimum atomic E-state index is -0.316. The smallest absolute Gasteiger partial charge is 0.350 e. The molecule has 0 fully saturated rings. The fourth-order valence-electron chi connectivity index (χ4n) is 0.760. The lowest BCUT2D eigenvalue weighted by Gasteiger charge is -2.02. The van der Waals surface area contributed by atoms with E-state index in [4.69, 9.17) is 4.74 Å². The van der Waals surface area contributed by atoms with Crippen molar-refractivity contribution < 1.29 is 9.53 Å². The van der Waals surface area contributed by atoms with Gasteiger partial charge < -0.3 is 4.74 Å². The van der Waals surface area contributed by atoms with E-state index in [1.54, 1.807) is 12.4 Å². The Bertz CT molecular complexity index is 300. The number of aromatic nitrogens is 1. The molecule has 1 rings (SSSR count). The number of carbonyl (C=O) groups excluding carboxylic acids is 1. The minimum Gasteiger partial charge on any atom is -0.462 e. The third-order valence-electron chi connectivity index (χ3n) is 1.26. The maximum Gasteiger partial charge on any atom is 0.350 e. The van der Waals surface area contributed by atoms with Crippen LogP contribution in [0.5, 0.6) is 0 Å².